The average molecular weight is 336 g/mol. The number of likely N-dealkylation sites (tertiary alicyclic amines) is 1. The van der Waals surface area contributed by atoms with Gasteiger partial charge in [-0.2, -0.15) is 0 Å². The topological polar surface area (TPSA) is 54.5 Å². The molecule has 1 amide bonds. The van der Waals surface area contributed by atoms with E-state index in [4.69, 9.17) is 10.7 Å². The predicted molar refractivity (Wildman–Crippen MR) is 80.7 cm³/mol. The largest absolute Gasteiger partial charge is 0.342 e. The normalized spacial score (nSPS) is 17.6. The standard InChI is InChI=1S/C13H18ClNO3S2/c14-20(17,18)13-7-6-11(19-13)10-12(16)15-8-4-2-1-3-5-9-15/h6-7H,1-5,8-10H2. The van der Waals surface area contributed by atoms with E-state index in [0.29, 0.717) is 0 Å². The summed E-state index contributed by atoms with van der Waals surface area (Å²) in [5, 5.41) is 0. The van der Waals surface area contributed by atoms with Crippen LogP contribution in [0.25, 0.3) is 0 Å². The van der Waals surface area contributed by atoms with Crippen LogP contribution in [-0.2, 0) is 20.3 Å². The summed E-state index contributed by atoms with van der Waals surface area (Å²) in [5.41, 5.74) is 0. The quantitative estimate of drug-likeness (QED) is 0.798. The first-order chi connectivity index (χ1) is 9.47. The van der Waals surface area contributed by atoms with Crippen LogP contribution in [0.1, 0.15) is 37.0 Å². The Morgan fingerprint density at radius 3 is 2.30 bits per heavy atom. The van der Waals surface area contributed by atoms with Gasteiger partial charge in [-0.05, 0) is 25.0 Å². The van der Waals surface area contributed by atoms with E-state index in [9.17, 15) is 13.2 Å². The van der Waals surface area contributed by atoms with Crippen molar-refractivity contribution in [3.05, 3.63) is 17.0 Å². The summed E-state index contributed by atoms with van der Waals surface area (Å²) in [5.74, 6) is 0.0762. The van der Waals surface area contributed by atoms with Gasteiger partial charge >= 0.3 is 0 Å². The van der Waals surface area contributed by atoms with Crippen molar-refractivity contribution in [2.24, 2.45) is 0 Å². The molecule has 0 bridgehead atoms. The zero-order valence-corrected chi connectivity index (χ0v) is 13.6. The minimum Gasteiger partial charge on any atom is -0.342 e. The minimum absolute atomic E-state index is 0.0762. The molecule has 0 aromatic carbocycles. The summed E-state index contributed by atoms with van der Waals surface area (Å²) in [6, 6.07) is 3.13. The van der Waals surface area contributed by atoms with Crippen LogP contribution in [0.5, 0.6) is 0 Å². The Hall–Kier alpha value is -0.590. The molecule has 1 fully saturated rings. The van der Waals surface area contributed by atoms with Gasteiger partial charge in [-0.25, -0.2) is 8.42 Å². The monoisotopic (exact) mass is 335 g/mol. The summed E-state index contributed by atoms with van der Waals surface area (Å²) in [6.07, 6.45) is 5.98. The van der Waals surface area contributed by atoms with E-state index >= 15 is 0 Å². The third-order valence-corrected chi connectivity index (χ3v) is 6.59. The van der Waals surface area contributed by atoms with Crippen LogP contribution in [0, 0.1) is 0 Å². The maximum Gasteiger partial charge on any atom is 0.270 e. The number of carbonyl (C=O) groups excluding carboxylic acids is 1. The first kappa shape index (κ1) is 15.8. The molecule has 0 radical (unpaired) electrons. The molecular weight excluding hydrogens is 318 g/mol. The predicted octanol–water partition coefficient (Wildman–Crippen LogP) is 3.01. The van der Waals surface area contributed by atoms with Gasteiger partial charge in [0.2, 0.25) is 5.91 Å². The maximum atomic E-state index is 12.2. The summed E-state index contributed by atoms with van der Waals surface area (Å²) in [4.78, 5) is 14.9. The molecule has 1 aliphatic rings. The lowest BCUT2D eigenvalue weighted by atomic mass is 10.1. The molecule has 0 aliphatic carbocycles. The highest BCUT2D eigenvalue weighted by Crippen LogP contribution is 2.25. The number of nitrogens with zero attached hydrogens (tertiary/aromatic N) is 1. The van der Waals surface area contributed by atoms with Gasteiger partial charge in [0.05, 0.1) is 6.42 Å². The van der Waals surface area contributed by atoms with Gasteiger partial charge in [-0.15, -0.1) is 11.3 Å². The second-order valence-electron chi connectivity index (χ2n) is 4.98. The van der Waals surface area contributed by atoms with E-state index in [2.05, 4.69) is 0 Å². The van der Waals surface area contributed by atoms with Gasteiger partial charge in [0.25, 0.3) is 9.05 Å². The molecule has 112 valence electrons. The molecule has 1 aliphatic heterocycles. The summed E-state index contributed by atoms with van der Waals surface area (Å²) in [6.45, 7) is 1.62. The van der Waals surface area contributed by atoms with Crippen molar-refractivity contribution in [2.45, 2.75) is 42.7 Å². The molecule has 7 heteroatoms. The van der Waals surface area contributed by atoms with Crippen molar-refractivity contribution >= 4 is 37.0 Å². The van der Waals surface area contributed by atoms with Crippen LogP contribution in [-0.4, -0.2) is 32.3 Å². The fourth-order valence-corrected chi connectivity index (χ4v) is 4.46. The van der Waals surface area contributed by atoms with Crippen LogP contribution in [0.4, 0.5) is 0 Å². The van der Waals surface area contributed by atoms with Gasteiger partial charge in [0.1, 0.15) is 4.21 Å². The first-order valence-electron chi connectivity index (χ1n) is 6.78. The zero-order valence-electron chi connectivity index (χ0n) is 11.2. The number of rotatable bonds is 3. The second-order valence-corrected chi connectivity index (χ2v) is 8.95. The van der Waals surface area contributed by atoms with E-state index in [1.54, 1.807) is 6.07 Å². The highest BCUT2D eigenvalue weighted by molar-refractivity contribution is 8.15. The molecular formula is C13H18ClNO3S2. The fraction of sp³-hybridized carbons (Fsp3) is 0.615. The fourth-order valence-electron chi connectivity index (χ4n) is 2.34. The van der Waals surface area contributed by atoms with Crippen LogP contribution < -0.4 is 0 Å². The van der Waals surface area contributed by atoms with E-state index in [1.807, 2.05) is 4.90 Å². The number of thiophene rings is 1. The number of halogens is 1. The van der Waals surface area contributed by atoms with Gasteiger partial charge in [0, 0.05) is 28.6 Å². The molecule has 2 rings (SSSR count). The molecule has 4 nitrogen and oxygen atoms in total. The SMILES string of the molecule is O=C(Cc1ccc(S(=O)(=O)Cl)s1)N1CCCCCCC1. The lowest BCUT2D eigenvalue weighted by Crippen LogP contribution is -2.34. The lowest BCUT2D eigenvalue weighted by molar-refractivity contribution is -0.130. The maximum absolute atomic E-state index is 12.2. The Kier molecular flexibility index (Phi) is 5.46. The third-order valence-electron chi connectivity index (χ3n) is 3.41. The molecule has 0 saturated carbocycles. The molecule has 1 aromatic rings. The molecule has 0 unspecified atom stereocenters. The van der Waals surface area contributed by atoms with Crippen LogP contribution in [0.15, 0.2) is 16.3 Å². The Morgan fingerprint density at radius 1 is 1.15 bits per heavy atom. The molecule has 20 heavy (non-hydrogen) atoms. The van der Waals surface area contributed by atoms with Crippen LogP contribution >= 0.6 is 22.0 Å². The number of hydrogen-bond donors (Lipinski definition) is 0. The number of amides is 1. The van der Waals surface area contributed by atoms with Gasteiger partial charge in [0.15, 0.2) is 0 Å². The van der Waals surface area contributed by atoms with Crippen molar-refractivity contribution in [2.75, 3.05) is 13.1 Å². The lowest BCUT2D eigenvalue weighted by Gasteiger charge is -2.24. The number of carbonyl (C=O) groups is 1. The molecule has 0 atom stereocenters. The highest BCUT2D eigenvalue weighted by Gasteiger charge is 2.18. The Bertz CT molecular complexity index is 560. The Balaban J connectivity index is 1.98. The third kappa shape index (κ3) is 4.46. The van der Waals surface area contributed by atoms with Crippen LogP contribution in [0.2, 0.25) is 0 Å². The summed E-state index contributed by atoms with van der Waals surface area (Å²) < 4.78 is 22.5. The van der Waals surface area contributed by atoms with Crippen molar-refractivity contribution in [3.63, 3.8) is 0 Å². The van der Waals surface area contributed by atoms with Crippen molar-refractivity contribution < 1.29 is 13.2 Å². The molecule has 1 aromatic heterocycles. The molecule has 0 spiro atoms. The smallest absolute Gasteiger partial charge is 0.270 e. The Morgan fingerprint density at radius 2 is 1.75 bits per heavy atom. The second kappa shape index (κ2) is 6.91. The zero-order chi connectivity index (χ0) is 14.6. The molecule has 0 N–H and O–H groups in total. The summed E-state index contributed by atoms with van der Waals surface area (Å²) in [7, 11) is 1.60. The molecule has 1 saturated heterocycles. The van der Waals surface area contributed by atoms with Crippen molar-refractivity contribution in [1.29, 1.82) is 0 Å². The van der Waals surface area contributed by atoms with Gasteiger partial charge in [-0.3, -0.25) is 4.79 Å². The van der Waals surface area contributed by atoms with Crippen molar-refractivity contribution in [3.8, 4) is 0 Å². The van der Waals surface area contributed by atoms with Crippen molar-refractivity contribution in [1.82, 2.24) is 4.90 Å². The van der Waals surface area contributed by atoms with Gasteiger partial charge < -0.3 is 4.90 Å². The number of hydrogen-bond acceptors (Lipinski definition) is 4. The first-order valence-corrected chi connectivity index (χ1v) is 9.90. The van der Waals surface area contributed by atoms with Gasteiger partial charge in [-0.1, -0.05) is 19.3 Å². The highest BCUT2D eigenvalue weighted by atomic mass is 35.7. The van der Waals surface area contributed by atoms with E-state index in [0.717, 1.165) is 42.1 Å². The molecule has 2 heterocycles. The van der Waals surface area contributed by atoms with Crippen LogP contribution in [0.3, 0.4) is 0 Å². The van der Waals surface area contributed by atoms with E-state index in [1.165, 1.54) is 25.3 Å². The Labute approximate surface area is 128 Å². The van der Waals surface area contributed by atoms with E-state index in [-0.39, 0.29) is 16.5 Å². The summed E-state index contributed by atoms with van der Waals surface area (Å²) >= 11 is 1.07. The van der Waals surface area contributed by atoms with E-state index < -0.39 is 9.05 Å². The average Bonchev–Trinajstić information content (AvgIpc) is 2.76. The minimum atomic E-state index is -3.69.